The zero-order valence-electron chi connectivity index (χ0n) is 9.76. The van der Waals surface area contributed by atoms with Crippen molar-refractivity contribution in [2.24, 2.45) is 11.8 Å². The van der Waals surface area contributed by atoms with E-state index >= 15 is 0 Å². The molecule has 0 nitrogen and oxygen atoms in total. The molecule has 0 atom stereocenters. The van der Waals surface area contributed by atoms with Gasteiger partial charge < -0.3 is 0 Å². The highest BCUT2D eigenvalue weighted by Gasteiger charge is 2.42. The quantitative estimate of drug-likeness (QED) is 0.568. The molecule has 2 saturated carbocycles. The summed E-state index contributed by atoms with van der Waals surface area (Å²) < 4.78 is 2.47. The molecular formula is C15H16Br2. The fourth-order valence-electron chi connectivity index (χ4n) is 4.64. The van der Waals surface area contributed by atoms with Crippen molar-refractivity contribution in [2.45, 2.75) is 43.9 Å². The average Bonchev–Trinajstić information content (AvgIpc) is 2.44. The third kappa shape index (κ3) is 1.67. The van der Waals surface area contributed by atoms with Crippen LogP contribution in [-0.4, -0.2) is 0 Å². The maximum Gasteiger partial charge on any atom is 0.0320 e. The van der Waals surface area contributed by atoms with E-state index in [1.165, 1.54) is 41.0 Å². The zero-order chi connectivity index (χ0) is 11.6. The number of hydrogen-bond donors (Lipinski definition) is 0. The SMILES string of the molecule is Brc1cc2c(cc1Br)C1CC3CC(CC2C3)C1. The first-order valence-corrected chi connectivity index (χ1v) is 8.28. The largest absolute Gasteiger partial charge is 0.0496 e. The van der Waals surface area contributed by atoms with Gasteiger partial charge in [-0.3, -0.25) is 0 Å². The third-order valence-corrected chi connectivity index (χ3v) is 6.99. The highest BCUT2D eigenvalue weighted by atomic mass is 79.9. The van der Waals surface area contributed by atoms with Gasteiger partial charge in [0.15, 0.2) is 0 Å². The summed E-state index contributed by atoms with van der Waals surface area (Å²) in [5, 5.41) is 0. The van der Waals surface area contributed by atoms with Gasteiger partial charge >= 0.3 is 0 Å². The Hall–Kier alpha value is 0.180. The van der Waals surface area contributed by atoms with E-state index in [1.54, 1.807) is 11.1 Å². The van der Waals surface area contributed by atoms with E-state index in [2.05, 4.69) is 44.0 Å². The molecule has 0 N–H and O–H groups in total. The van der Waals surface area contributed by atoms with Gasteiger partial charge in [0.05, 0.1) is 0 Å². The Bertz CT molecular complexity index is 425. The van der Waals surface area contributed by atoms with Gasteiger partial charge in [0.1, 0.15) is 0 Å². The summed E-state index contributed by atoms with van der Waals surface area (Å²) in [6, 6.07) is 4.79. The Morgan fingerprint density at radius 2 is 1.12 bits per heavy atom. The Balaban J connectivity index is 1.92. The van der Waals surface area contributed by atoms with Gasteiger partial charge in [-0.05, 0) is 111 Å². The van der Waals surface area contributed by atoms with Crippen molar-refractivity contribution in [3.05, 3.63) is 32.2 Å². The van der Waals surface area contributed by atoms with Crippen LogP contribution in [0, 0.1) is 11.8 Å². The van der Waals surface area contributed by atoms with Crippen LogP contribution in [0.5, 0.6) is 0 Å². The molecule has 4 aliphatic carbocycles. The lowest BCUT2D eigenvalue weighted by Gasteiger charge is -2.38. The van der Waals surface area contributed by atoms with Crippen LogP contribution in [-0.2, 0) is 0 Å². The molecule has 0 radical (unpaired) electrons. The van der Waals surface area contributed by atoms with Crippen LogP contribution >= 0.6 is 31.9 Å². The zero-order valence-corrected chi connectivity index (χ0v) is 12.9. The summed E-state index contributed by atoms with van der Waals surface area (Å²) in [5.74, 6) is 3.74. The van der Waals surface area contributed by atoms with Crippen LogP contribution < -0.4 is 0 Å². The summed E-state index contributed by atoms with van der Waals surface area (Å²) in [5.41, 5.74) is 3.32. The average molecular weight is 356 g/mol. The van der Waals surface area contributed by atoms with Gasteiger partial charge in [0.2, 0.25) is 0 Å². The molecule has 0 aromatic heterocycles. The molecule has 0 saturated heterocycles. The summed E-state index contributed by atoms with van der Waals surface area (Å²) >= 11 is 7.35. The topological polar surface area (TPSA) is 0 Å². The van der Waals surface area contributed by atoms with Crippen molar-refractivity contribution < 1.29 is 0 Å². The van der Waals surface area contributed by atoms with Gasteiger partial charge in [-0.1, -0.05) is 0 Å². The van der Waals surface area contributed by atoms with Crippen molar-refractivity contribution in [1.82, 2.24) is 0 Å². The standard InChI is InChI=1S/C15H16Br2/c16-14-6-12-10-2-8-1-9(4-10)5-11(3-8)13(12)7-15(14)17/h6-11H,1-5H2. The minimum atomic E-state index is 0.852. The fraction of sp³-hybridized carbons (Fsp3) is 0.600. The molecule has 0 heterocycles. The predicted molar refractivity (Wildman–Crippen MR) is 77.4 cm³/mol. The minimum absolute atomic E-state index is 0.852. The third-order valence-electron chi connectivity index (χ3n) is 5.14. The second-order valence-electron chi connectivity index (χ2n) is 6.20. The molecule has 2 fully saturated rings. The lowest BCUT2D eigenvalue weighted by Crippen LogP contribution is -2.25. The summed E-state index contributed by atoms with van der Waals surface area (Å²) in [6.45, 7) is 0. The van der Waals surface area contributed by atoms with Crippen LogP contribution in [0.4, 0.5) is 0 Å². The maximum atomic E-state index is 3.68. The van der Waals surface area contributed by atoms with Crippen molar-refractivity contribution in [1.29, 1.82) is 0 Å². The second-order valence-corrected chi connectivity index (χ2v) is 7.91. The first kappa shape index (κ1) is 11.0. The summed E-state index contributed by atoms with van der Waals surface area (Å²) in [7, 11) is 0. The first-order chi connectivity index (χ1) is 8.20. The van der Waals surface area contributed by atoms with Gasteiger partial charge in [0.25, 0.3) is 0 Å². The molecule has 0 unspecified atom stereocenters. The lowest BCUT2D eigenvalue weighted by atomic mass is 9.67. The van der Waals surface area contributed by atoms with Crippen LogP contribution in [0.2, 0.25) is 0 Å². The summed E-state index contributed by atoms with van der Waals surface area (Å²) in [4.78, 5) is 0. The van der Waals surface area contributed by atoms with Crippen LogP contribution in [0.15, 0.2) is 21.1 Å². The maximum absolute atomic E-state index is 3.68. The first-order valence-electron chi connectivity index (χ1n) is 6.69. The van der Waals surface area contributed by atoms with Crippen LogP contribution in [0.25, 0.3) is 0 Å². The van der Waals surface area contributed by atoms with Gasteiger partial charge in [0, 0.05) is 8.95 Å². The Morgan fingerprint density at radius 1 is 0.706 bits per heavy atom. The number of rotatable bonds is 0. The van der Waals surface area contributed by atoms with Crippen molar-refractivity contribution in [3.63, 3.8) is 0 Å². The number of hydrogen-bond acceptors (Lipinski definition) is 0. The van der Waals surface area contributed by atoms with Gasteiger partial charge in [-0.25, -0.2) is 0 Å². The van der Waals surface area contributed by atoms with E-state index in [0.717, 1.165) is 23.7 Å². The molecule has 0 aliphatic heterocycles. The second kappa shape index (κ2) is 3.84. The molecular weight excluding hydrogens is 340 g/mol. The molecule has 0 spiro atoms. The molecule has 2 heteroatoms. The Labute approximate surface area is 119 Å². The smallest absolute Gasteiger partial charge is 0.0320 e. The van der Waals surface area contributed by atoms with Crippen molar-refractivity contribution >= 4 is 31.9 Å². The van der Waals surface area contributed by atoms with Gasteiger partial charge in [-0.2, -0.15) is 0 Å². The van der Waals surface area contributed by atoms with E-state index in [0.29, 0.717) is 0 Å². The summed E-state index contributed by atoms with van der Waals surface area (Å²) in [6.07, 6.45) is 7.33. The van der Waals surface area contributed by atoms with Crippen LogP contribution in [0.3, 0.4) is 0 Å². The van der Waals surface area contributed by atoms with E-state index in [4.69, 9.17) is 0 Å². The van der Waals surface area contributed by atoms with E-state index in [9.17, 15) is 0 Å². The Kier molecular flexibility index (Phi) is 2.49. The van der Waals surface area contributed by atoms with E-state index < -0.39 is 0 Å². The molecule has 1 aromatic rings. The number of benzene rings is 1. The predicted octanol–water partition coefficient (Wildman–Crippen LogP) is 5.60. The lowest BCUT2D eigenvalue weighted by molar-refractivity contribution is 0.166. The molecule has 5 rings (SSSR count). The fourth-order valence-corrected chi connectivity index (χ4v) is 5.37. The minimum Gasteiger partial charge on any atom is -0.0496 e. The molecule has 90 valence electrons. The molecule has 1 aromatic carbocycles. The van der Waals surface area contributed by atoms with Crippen molar-refractivity contribution in [2.75, 3.05) is 0 Å². The highest BCUT2D eigenvalue weighted by Crippen LogP contribution is 2.56. The molecule has 17 heavy (non-hydrogen) atoms. The molecule has 0 amide bonds. The van der Waals surface area contributed by atoms with Crippen LogP contribution in [0.1, 0.15) is 55.1 Å². The highest BCUT2D eigenvalue weighted by molar-refractivity contribution is 9.13. The normalized spacial score (nSPS) is 38.0. The Morgan fingerprint density at radius 3 is 1.53 bits per heavy atom. The number of halogens is 2. The van der Waals surface area contributed by atoms with E-state index in [-0.39, 0.29) is 0 Å². The van der Waals surface area contributed by atoms with Gasteiger partial charge in [-0.15, -0.1) is 0 Å². The molecule has 4 bridgehead atoms. The van der Waals surface area contributed by atoms with E-state index in [1.807, 2.05) is 0 Å². The molecule has 4 aliphatic rings. The monoisotopic (exact) mass is 354 g/mol. The van der Waals surface area contributed by atoms with Crippen molar-refractivity contribution in [3.8, 4) is 0 Å².